The minimum atomic E-state index is -1.07. The highest BCUT2D eigenvalue weighted by molar-refractivity contribution is 5.89. The molecule has 0 spiro atoms. The molecule has 110 valence electrons. The van der Waals surface area contributed by atoms with E-state index in [0.29, 0.717) is 17.6 Å². The van der Waals surface area contributed by atoms with Crippen LogP contribution >= 0.6 is 0 Å². The van der Waals surface area contributed by atoms with E-state index in [0.717, 1.165) is 0 Å². The zero-order valence-electron chi connectivity index (χ0n) is 11.5. The third kappa shape index (κ3) is 3.76. The van der Waals surface area contributed by atoms with Crippen LogP contribution in [0.3, 0.4) is 0 Å². The number of nitrogens with zero attached hydrogens (tertiary/aromatic N) is 1. The molecule has 0 fully saturated rings. The molecule has 1 aromatic rings. The van der Waals surface area contributed by atoms with E-state index >= 15 is 0 Å². The van der Waals surface area contributed by atoms with E-state index in [1.807, 2.05) is 0 Å². The van der Waals surface area contributed by atoms with Gasteiger partial charge in [-0.3, -0.25) is 9.79 Å². The summed E-state index contributed by atoms with van der Waals surface area (Å²) in [5.74, 6) is 0.106. The van der Waals surface area contributed by atoms with Crippen molar-refractivity contribution in [2.24, 2.45) is 4.99 Å². The predicted octanol–water partition coefficient (Wildman–Crippen LogP) is 1.40. The maximum absolute atomic E-state index is 11.3. The van der Waals surface area contributed by atoms with Crippen LogP contribution in [0.2, 0.25) is 0 Å². The number of esters is 1. The van der Waals surface area contributed by atoms with Crippen LogP contribution in [-0.4, -0.2) is 44.5 Å². The van der Waals surface area contributed by atoms with Gasteiger partial charge in [0, 0.05) is 6.21 Å². The minimum Gasteiger partial charge on any atom is -0.468 e. The van der Waals surface area contributed by atoms with Crippen LogP contribution in [0.25, 0.3) is 0 Å². The molecule has 21 heavy (non-hydrogen) atoms. The van der Waals surface area contributed by atoms with E-state index in [1.54, 1.807) is 42.6 Å². The Hall–Kier alpha value is -2.47. The molecule has 0 aliphatic carbocycles. The minimum absolute atomic E-state index is 0.101. The molecule has 1 aliphatic heterocycles. The van der Waals surface area contributed by atoms with E-state index in [9.17, 15) is 9.59 Å². The fraction of sp³-hybridized carbons (Fsp3) is 0.267. The van der Waals surface area contributed by atoms with Gasteiger partial charge in [-0.2, -0.15) is 0 Å². The molecule has 1 atom stereocenters. The van der Waals surface area contributed by atoms with Gasteiger partial charge >= 0.3 is 5.97 Å². The number of benzene rings is 1. The molecule has 0 saturated heterocycles. The number of rotatable bonds is 6. The Balaban J connectivity index is 1.88. The van der Waals surface area contributed by atoms with Crippen molar-refractivity contribution in [2.45, 2.75) is 5.60 Å². The van der Waals surface area contributed by atoms with Gasteiger partial charge in [0.2, 0.25) is 0 Å². The van der Waals surface area contributed by atoms with Crippen LogP contribution in [0.1, 0.15) is 10.4 Å². The number of hydrogen-bond acceptors (Lipinski definition) is 6. The molecule has 1 aromatic carbocycles. The number of allylic oxidation sites excluding steroid dienone is 1. The van der Waals surface area contributed by atoms with Gasteiger partial charge in [0.15, 0.2) is 18.7 Å². The summed E-state index contributed by atoms with van der Waals surface area (Å²) in [5.41, 5.74) is -0.638. The molecule has 0 bridgehead atoms. The van der Waals surface area contributed by atoms with Crippen molar-refractivity contribution in [2.75, 3.05) is 20.4 Å². The lowest BCUT2D eigenvalue weighted by Gasteiger charge is -2.24. The van der Waals surface area contributed by atoms with Crippen molar-refractivity contribution >= 4 is 18.5 Å². The van der Waals surface area contributed by atoms with Crippen LogP contribution in [0, 0.1) is 0 Å². The van der Waals surface area contributed by atoms with Crippen LogP contribution in [-0.2, 0) is 14.3 Å². The van der Waals surface area contributed by atoms with Gasteiger partial charge in [0.05, 0.1) is 19.2 Å². The number of aldehydes is 1. The summed E-state index contributed by atoms with van der Waals surface area (Å²) in [6.45, 7) is 0.133. The Morgan fingerprint density at radius 2 is 2.14 bits per heavy atom. The molecule has 6 heteroatoms. The lowest BCUT2D eigenvalue weighted by atomic mass is 10.0. The molecule has 0 amide bonds. The van der Waals surface area contributed by atoms with E-state index in [1.165, 1.54) is 7.11 Å². The largest absolute Gasteiger partial charge is 0.468 e. The number of ether oxygens (including phenoxy) is 3. The summed E-state index contributed by atoms with van der Waals surface area (Å²) in [4.78, 5) is 26.4. The van der Waals surface area contributed by atoms with Crippen LogP contribution in [0.4, 0.5) is 0 Å². The van der Waals surface area contributed by atoms with Gasteiger partial charge in [0.1, 0.15) is 5.75 Å². The Morgan fingerprint density at radius 1 is 1.38 bits per heavy atom. The Kier molecular flexibility index (Phi) is 4.84. The number of dihydropyridines is 1. The summed E-state index contributed by atoms with van der Waals surface area (Å²) in [6.07, 6.45) is 5.60. The zero-order valence-corrected chi connectivity index (χ0v) is 11.5. The van der Waals surface area contributed by atoms with Crippen molar-refractivity contribution in [3.63, 3.8) is 0 Å². The Labute approximate surface area is 122 Å². The summed E-state index contributed by atoms with van der Waals surface area (Å²) >= 11 is 0. The number of hydrogen-bond donors (Lipinski definition) is 0. The van der Waals surface area contributed by atoms with Crippen LogP contribution < -0.4 is 4.74 Å². The smallest absolute Gasteiger partial charge is 0.337 e. The highest BCUT2D eigenvalue weighted by atomic mass is 16.7. The van der Waals surface area contributed by atoms with E-state index in [2.05, 4.69) is 9.73 Å². The van der Waals surface area contributed by atoms with Gasteiger partial charge in [-0.05, 0) is 36.4 Å². The lowest BCUT2D eigenvalue weighted by molar-refractivity contribution is -0.132. The fourth-order valence-corrected chi connectivity index (χ4v) is 1.73. The second-order valence-corrected chi connectivity index (χ2v) is 4.34. The molecule has 1 unspecified atom stereocenters. The van der Waals surface area contributed by atoms with Crippen LogP contribution in [0.15, 0.2) is 41.4 Å². The number of carbonyl (C=O) groups excluding carboxylic acids is 2. The summed E-state index contributed by atoms with van der Waals surface area (Å²) in [5, 5.41) is 0. The molecule has 0 aromatic heterocycles. The molecule has 2 rings (SSSR count). The van der Waals surface area contributed by atoms with E-state index in [4.69, 9.17) is 9.47 Å². The first-order chi connectivity index (χ1) is 10.2. The highest BCUT2D eigenvalue weighted by Crippen LogP contribution is 2.16. The second kappa shape index (κ2) is 6.81. The Morgan fingerprint density at radius 3 is 2.71 bits per heavy atom. The normalized spacial score (nSPS) is 20.0. The zero-order chi connectivity index (χ0) is 15.1. The maximum atomic E-state index is 11.3. The van der Waals surface area contributed by atoms with Crippen molar-refractivity contribution < 1.29 is 23.8 Å². The number of methoxy groups -OCH3 is 1. The maximum Gasteiger partial charge on any atom is 0.337 e. The second-order valence-electron chi connectivity index (χ2n) is 4.34. The van der Waals surface area contributed by atoms with Gasteiger partial charge in [-0.1, -0.05) is 0 Å². The third-order valence-electron chi connectivity index (χ3n) is 2.94. The molecule has 1 aliphatic rings. The van der Waals surface area contributed by atoms with Crippen LogP contribution in [0.5, 0.6) is 5.75 Å². The van der Waals surface area contributed by atoms with Crippen molar-refractivity contribution in [1.29, 1.82) is 0 Å². The molecule has 0 N–H and O–H groups in total. The summed E-state index contributed by atoms with van der Waals surface area (Å²) in [6, 6.07) is 6.42. The fourth-order valence-electron chi connectivity index (χ4n) is 1.73. The first kappa shape index (κ1) is 14.9. The number of aliphatic imine (C=N–C) groups is 1. The average molecular weight is 289 g/mol. The topological polar surface area (TPSA) is 74.2 Å². The number of carbonyl (C=O) groups is 2. The van der Waals surface area contributed by atoms with Gasteiger partial charge in [-0.15, -0.1) is 0 Å². The first-order valence-corrected chi connectivity index (χ1v) is 6.28. The van der Waals surface area contributed by atoms with Gasteiger partial charge < -0.3 is 14.2 Å². The van der Waals surface area contributed by atoms with Crippen molar-refractivity contribution in [3.05, 3.63) is 42.0 Å². The average Bonchev–Trinajstić information content (AvgIpc) is 2.55. The SMILES string of the molecule is COC(=O)c1ccc(OCOC2(C=O)C=CC=NC2)cc1. The molecule has 0 saturated carbocycles. The lowest BCUT2D eigenvalue weighted by Crippen LogP contribution is -2.38. The van der Waals surface area contributed by atoms with Crippen molar-refractivity contribution in [3.8, 4) is 5.75 Å². The third-order valence-corrected chi connectivity index (χ3v) is 2.94. The van der Waals surface area contributed by atoms with E-state index in [-0.39, 0.29) is 13.3 Å². The quantitative estimate of drug-likeness (QED) is 0.449. The molecular formula is C15H15NO5. The molecule has 6 nitrogen and oxygen atoms in total. The molecular weight excluding hydrogens is 274 g/mol. The Bertz CT molecular complexity index is 564. The van der Waals surface area contributed by atoms with Gasteiger partial charge in [0.25, 0.3) is 0 Å². The monoisotopic (exact) mass is 289 g/mol. The summed E-state index contributed by atoms with van der Waals surface area (Å²) < 4.78 is 15.4. The standard InChI is InChI=1S/C15H15NO5/c1-19-14(18)12-3-5-13(6-4-12)20-11-21-15(10-17)7-2-8-16-9-15/h2-8,10H,9,11H2,1H3. The predicted molar refractivity (Wildman–Crippen MR) is 75.7 cm³/mol. The summed E-state index contributed by atoms with van der Waals surface area (Å²) in [7, 11) is 1.32. The highest BCUT2D eigenvalue weighted by Gasteiger charge is 2.28. The van der Waals surface area contributed by atoms with E-state index < -0.39 is 11.6 Å². The van der Waals surface area contributed by atoms with Gasteiger partial charge in [-0.25, -0.2) is 4.79 Å². The molecule has 1 heterocycles. The molecule has 0 radical (unpaired) electrons. The first-order valence-electron chi connectivity index (χ1n) is 6.28. The van der Waals surface area contributed by atoms with Crippen molar-refractivity contribution in [1.82, 2.24) is 0 Å².